The largest absolute Gasteiger partial charge is 0.491 e. The van der Waals surface area contributed by atoms with Gasteiger partial charge in [0.2, 0.25) is 0 Å². The quantitative estimate of drug-likeness (QED) is 0.841. The van der Waals surface area contributed by atoms with E-state index in [0.717, 1.165) is 16.8 Å². The summed E-state index contributed by atoms with van der Waals surface area (Å²) in [5, 5.41) is 12.2. The molecule has 0 atom stereocenters. The van der Waals surface area contributed by atoms with E-state index >= 15 is 0 Å². The van der Waals surface area contributed by atoms with Crippen LogP contribution >= 0.6 is 15.9 Å². The van der Waals surface area contributed by atoms with Gasteiger partial charge in [-0.1, -0.05) is 15.9 Å². The second kappa shape index (κ2) is 5.66. The first-order chi connectivity index (χ1) is 7.79. The van der Waals surface area contributed by atoms with E-state index < -0.39 is 0 Å². The van der Waals surface area contributed by atoms with Crippen LogP contribution in [0.3, 0.4) is 0 Å². The van der Waals surface area contributed by atoms with E-state index in [-0.39, 0.29) is 6.61 Å². The Hall–Kier alpha value is -0.580. The lowest BCUT2D eigenvalue weighted by Crippen LogP contribution is -2.15. The zero-order valence-electron chi connectivity index (χ0n) is 9.08. The molecule has 0 saturated heterocycles. The molecule has 3 nitrogen and oxygen atoms in total. The van der Waals surface area contributed by atoms with Crippen LogP contribution in [0.1, 0.15) is 18.4 Å². The predicted molar refractivity (Wildman–Crippen MR) is 66.6 cm³/mol. The van der Waals surface area contributed by atoms with Gasteiger partial charge in [0, 0.05) is 17.1 Å². The van der Waals surface area contributed by atoms with Gasteiger partial charge < -0.3 is 15.2 Å². The van der Waals surface area contributed by atoms with Gasteiger partial charge in [0.15, 0.2) is 0 Å². The van der Waals surface area contributed by atoms with Gasteiger partial charge in [0.1, 0.15) is 12.4 Å². The van der Waals surface area contributed by atoms with Crippen LogP contribution < -0.4 is 10.1 Å². The summed E-state index contributed by atoms with van der Waals surface area (Å²) in [6, 6.07) is 6.60. The van der Waals surface area contributed by atoms with Crippen LogP contribution in [0.25, 0.3) is 0 Å². The fourth-order valence-corrected chi connectivity index (χ4v) is 1.87. The molecule has 2 N–H and O–H groups in total. The van der Waals surface area contributed by atoms with E-state index in [0.29, 0.717) is 12.6 Å². The van der Waals surface area contributed by atoms with E-state index in [1.54, 1.807) is 0 Å². The Labute approximate surface area is 104 Å². The lowest BCUT2D eigenvalue weighted by molar-refractivity contribution is 0.201. The van der Waals surface area contributed by atoms with Crippen LogP contribution in [0.2, 0.25) is 0 Å². The maximum Gasteiger partial charge on any atom is 0.119 e. The molecule has 0 heterocycles. The molecule has 0 radical (unpaired) electrons. The molecule has 0 amide bonds. The third-order valence-electron chi connectivity index (χ3n) is 2.54. The van der Waals surface area contributed by atoms with Crippen molar-refractivity contribution in [2.75, 3.05) is 13.2 Å². The third-order valence-corrected chi connectivity index (χ3v) is 3.31. The van der Waals surface area contributed by atoms with Crippen molar-refractivity contribution in [3.63, 3.8) is 0 Å². The Morgan fingerprint density at radius 2 is 2.25 bits per heavy atom. The SMILES string of the molecule is OCCOc1ccc(Br)c(CNC2CC2)c1. The molecule has 4 heteroatoms. The molecule has 2 rings (SSSR count). The summed E-state index contributed by atoms with van der Waals surface area (Å²) in [6.07, 6.45) is 2.58. The van der Waals surface area contributed by atoms with Gasteiger partial charge >= 0.3 is 0 Å². The van der Waals surface area contributed by atoms with Gasteiger partial charge in [0.25, 0.3) is 0 Å². The monoisotopic (exact) mass is 285 g/mol. The van der Waals surface area contributed by atoms with Gasteiger partial charge in [0.05, 0.1) is 6.61 Å². The summed E-state index contributed by atoms with van der Waals surface area (Å²) in [4.78, 5) is 0. The molecule has 1 aliphatic carbocycles. The van der Waals surface area contributed by atoms with Gasteiger partial charge in [-0.05, 0) is 36.6 Å². The van der Waals surface area contributed by atoms with Crippen molar-refractivity contribution in [3.8, 4) is 5.75 Å². The lowest BCUT2D eigenvalue weighted by atomic mass is 10.2. The first-order valence-electron chi connectivity index (χ1n) is 5.55. The van der Waals surface area contributed by atoms with Crippen LogP contribution in [-0.4, -0.2) is 24.4 Å². The van der Waals surface area contributed by atoms with E-state index in [9.17, 15) is 0 Å². The first kappa shape index (κ1) is 11.9. The topological polar surface area (TPSA) is 41.5 Å². The lowest BCUT2D eigenvalue weighted by Gasteiger charge is -2.09. The standard InChI is InChI=1S/C12H16BrNO2/c13-12-4-3-11(16-6-5-15)7-9(12)8-14-10-1-2-10/h3-4,7,10,14-15H,1-2,5-6,8H2. The Morgan fingerprint density at radius 1 is 1.44 bits per heavy atom. The first-order valence-corrected chi connectivity index (χ1v) is 6.34. The smallest absolute Gasteiger partial charge is 0.119 e. The maximum absolute atomic E-state index is 8.69. The molecule has 1 aromatic rings. The molecular formula is C12H16BrNO2. The second-order valence-electron chi connectivity index (χ2n) is 3.98. The predicted octanol–water partition coefficient (Wildman–Crippen LogP) is 2.07. The van der Waals surface area contributed by atoms with E-state index in [1.165, 1.54) is 18.4 Å². The molecule has 1 aromatic carbocycles. The Kier molecular flexibility index (Phi) is 4.21. The molecule has 1 aliphatic rings. The minimum atomic E-state index is 0.0473. The molecule has 1 fully saturated rings. The number of aliphatic hydroxyl groups excluding tert-OH is 1. The number of hydrogen-bond donors (Lipinski definition) is 2. The number of nitrogens with one attached hydrogen (secondary N) is 1. The van der Waals surface area contributed by atoms with Crippen LogP contribution in [0.15, 0.2) is 22.7 Å². The molecule has 0 aliphatic heterocycles. The molecule has 0 spiro atoms. The van der Waals surface area contributed by atoms with Crippen molar-refractivity contribution in [2.24, 2.45) is 0 Å². The molecule has 0 bridgehead atoms. The van der Waals surface area contributed by atoms with Crippen molar-refractivity contribution in [3.05, 3.63) is 28.2 Å². The minimum Gasteiger partial charge on any atom is -0.491 e. The summed E-state index contributed by atoms with van der Waals surface area (Å²) in [5.74, 6) is 0.810. The van der Waals surface area contributed by atoms with Crippen molar-refractivity contribution in [2.45, 2.75) is 25.4 Å². The Morgan fingerprint density at radius 3 is 2.94 bits per heavy atom. The summed E-state index contributed by atoms with van der Waals surface area (Å²) in [6.45, 7) is 1.25. The van der Waals surface area contributed by atoms with Crippen molar-refractivity contribution in [1.29, 1.82) is 0 Å². The number of aliphatic hydroxyl groups is 1. The van der Waals surface area contributed by atoms with Crippen LogP contribution in [0, 0.1) is 0 Å². The van der Waals surface area contributed by atoms with Gasteiger partial charge in [-0.2, -0.15) is 0 Å². The van der Waals surface area contributed by atoms with Crippen molar-refractivity contribution in [1.82, 2.24) is 5.32 Å². The van der Waals surface area contributed by atoms with Crippen LogP contribution in [0.5, 0.6) is 5.75 Å². The molecule has 16 heavy (non-hydrogen) atoms. The zero-order chi connectivity index (χ0) is 11.4. The highest BCUT2D eigenvalue weighted by atomic mass is 79.9. The van der Waals surface area contributed by atoms with Crippen LogP contribution in [0.4, 0.5) is 0 Å². The summed E-state index contributed by atoms with van der Waals surface area (Å²) in [7, 11) is 0. The number of halogens is 1. The molecular weight excluding hydrogens is 270 g/mol. The average Bonchev–Trinajstić information content (AvgIpc) is 3.10. The zero-order valence-corrected chi connectivity index (χ0v) is 10.7. The minimum absolute atomic E-state index is 0.0473. The fourth-order valence-electron chi connectivity index (χ4n) is 1.48. The fraction of sp³-hybridized carbons (Fsp3) is 0.500. The molecule has 0 aromatic heterocycles. The molecule has 1 saturated carbocycles. The molecule has 0 unspecified atom stereocenters. The van der Waals surface area contributed by atoms with Crippen molar-refractivity contribution < 1.29 is 9.84 Å². The third kappa shape index (κ3) is 3.47. The maximum atomic E-state index is 8.69. The number of rotatable bonds is 6. The van der Waals surface area contributed by atoms with Crippen molar-refractivity contribution >= 4 is 15.9 Å². The van der Waals surface area contributed by atoms with E-state index in [4.69, 9.17) is 9.84 Å². The Balaban J connectivity index is 1.96. The summed E-state index contributed by atoms with van der Waals surface area (Å²) >= 11 is 3.52. The van der Waals surface area contributed by atoms with E-state index in [1.807, 2.05) is 18.2 Å². The van der Waals surface area contributed by atoms with Gasteiger partial charge in [-0.3, -0.25) is 0 Å². The summed E-state index contributed by atoms with van der Waals surface area (Å²) < 4.78 is 6.47. The number of hydrogen-bond acceptors (Lipinski definition) is 3. The second-order valence-corrected chi connectivity index (χ2v) is 4.83. The Bertz CT molecular complexity index is 353. The summed E-state index contributed by atoms with van der Waals surface area (Å²) in [5.41, 5.74) is 1.20. The van der Waals surface area contributed by atoms with Crippen LogP contribution in [-0.2, 0) is 6.54 Å². The highest BCUT2D eigenvalue weighted by molar-refractivity contribution is 9.10. The normalized spacial score (nSPS) is 15.1. The average molecular weight is 286 g/mol. The highest BCUT2D eigenvalue weighted by Gasteiger charge is 2.20. The van der Waals surface area contributed by atoms with E-state index in [2.05, 4.69) is 21.2 Å². The number of ether oxygens (including phenoxy) is 1. The number of benzene rings is 1. The van der Waals surface area contributed by atoms with Gasteiger partial charge in [-0.25, -0.2) is 0 Å². The van der Waals surface area contributed by atoms with Gasteiger partial charge in [-0.15, -0.1) is 0 Å². The highest BCUT2D eigenvalue weighted by Crippen LogP contribution is 2.24. The molecule has 88 valence electrons.